The summed E-state index contributed by atoms with van der Waals surface area (Å²) in [4.78, 5) is 25.0. The van der Waals surface area contributed by atoms with Gasteiger partial charge in [0.25, 0.3) is 0 Å². The van der Waals surface area contributed by atoms with E-state index in [0.717, 1.165) is 0 Å². The monoisotopic (exact) mass is 383 g/mol. The fraction of sp³-hybridized carbons (Fsp3) is 0.765. The van der Waals surface area contributed by atoms with E-state index in [1.165, 1.54) is 6.20 Å². The molecule has 0 bridgehead atoms. The van der Waals surface area contributed by atoms with Crippen LogP contribution in [0.2, 0.25) is 0 Å². The van der Waals surface area contributed by atoms with Gasteiger partial charge in [-0.3, -0.25) is 14.8 Å². The highest BCUT2D eigenvalue weighted by molar-refractivity contribution is 5.68. The third kappa shape index (κ3) is 5.56. The van der Waals surface area contributed by atoms with Crippen molar-refractivity contribution in [2.45, 2.75) is 64.8 Å². The predicted octanol–water partition coefficient (Wildman–Crippen LogP) is 2.32. The third-order valence-electron chi connectivity index (χ3n) is 4.39. The van der Waals surface area contributed by atoms with Crippen LogP contribution >= 0.6 is 0 Å². The van der Waals surface area contributed by atoms with Crippen molar-refractivity contribution in [2.24, 2.45) is 0 Å². The number of nitrogens with zero attached hydrogens (tertiary/aromatic N) is 4. The van der Waals surface area contributed by atoms with Gasteiger partial charge in [0.15, 0.2) is 0 Å². The Balaban J connectivity index is 2.13. The van der Waals surface area contributed by atoms with Crippen LogP contribution in [0.5, 0.6) is 0 Å². The van der Waals surface area contributed by atoms with Crippen LogP contribution in [0.1, 0.15) is 40.5 Å². The standard InChI is InChI=1S/C17H29N5O5/c1-6-21-11-13(22(24)25)15(19-21)20-9-7-12(14(26-5)8-10-20)18-16(23)27-17(2,3)4/h11-12,14H,6-10H2,1-5H3,(H,18,23). The van der Waals surface area contributed by atoms with E-state index >= 15 is 0 Å². The van der Waals surface area contributed by atoms with Gasteiger partial charge in [0, 0.05) is 26.7 Å². The zero-order valence-corrected chi connectivity index (χ0v) is 16.6. The maximum atomic E-state index is 12.1. The molecular formula is C17H29N5O5. The summed E-state index contributed by atoms with van der Waals surface area (Å²) in [6, 6.07) is -0.248. The number of carbonyl (C=O) groups is 1. The second-order valence-electron chi connectivity index (χ2n) is 7.54. The van der Waals surface area contributed by atoms with Crippen LogP contribution in [0.4, 0.5) is 16.3 Å². The molecule has 10 heteroatoms. The van der Waals surface area contributed by atoms with Gasteiger partial charge in [-0.15, -0.1) is 5.10 Å². The van der Waals surface area contributed by atoms with Crippen LogP contribution in [-0.2, 0) is 16.0 Å². The number of hydrogen-bond acceptors (Lipinski definition) is 7. The number of carbonyl (C=O) groups excluding carboxylic acids is 1. The van der Waals surface area contributed by atoms with Crippen LogP contribution < -0.4 is 10.2 Å². The minimum Gasteiger partial charge on any atom is -0.444 e. The molecule has 1 saturated heterocycles. The molecule has 2 unspecified atom stereocenters. The largest absolute Gasteiger partial charge is 0.444 e. The van der Waals surface area contributed by atoms with E-state index in [9.17, 15) is 14.9 Å². The maximum Gasteiger partial charge on any atom is 0.407 e. The highest BCUT2D eigenvalue weighted by Crippen LogP contribution is 2.29. The average molecular weight is 383 g/mol. The first-order chi connectivity index (χ1) is 12.6. The van der Waals surface area contributed by atoms with Crippen molar-refractivity contribution in [1.82, 2.24) is 15.1 Å². The van der Waals surface area contributed by atoms with E-state index in [1.54, 1.807) is 32.6 Å². The van der Waals surface area contributed by atoms with Gasteiger partial charge in [0.05, 0.1) is 17.1 Å². The lowest BCUT2D eigenvalue weighted by Gasteiger charge is -2.26. The van der Waals surface area contributed by atoms with Crippen molar-refractivity contribution >= 4 is 17.6 Å². The zero-order valence-electron chi connectivity index (χ0n) is 16.6. The van der Waals surface area contributed by atoms with Gasteiger partial charge >= 0.3 is 11.8 Å². The molecular weight excluding hydrogens is 354 g/mol. The number of aryl methyl sites for hydroxylation is 1. The van der Waals surface area contributed by atoms with E-state index in [-0.39, 0.29) is 17.8 Å². The molecule has 1 aliphatic heterocycles. The summed E-state index contributed by atoms with van der Waals surface area (Å²) in [6.07, 6.45) is 1.91. The molecule has 2 atom stereocenters. The Morgan fingerprint density at radius 3 is 2.63 bits per heavy atom. The Labute approximate surface area is 158 Å². The summed E-state index contributed by atoms with van der Waals surface area (Å²) < 4.78 is 12.4. The number of ether oxygens (including phenoxy) is 2. The van der Waals surface area contributed by atoms with Gasteiger partial charge in [-0.1, -0.05) is 0 Å². The predicted molar refractivity (Wildman–Crippen MR) is 100.0 cm³/mol. The molecule has 0 aromatic carbocycles. The molecule has 0 saturated carbocycles. The molecule has 1 fully saturated rings. The average Bonchev–Trinajstić information content (AvgIpc) is 2.90. The first kappa shape index (κ1) is 20.9. The van der Waals surface area contributed by atoms with Crippen LogP contribution in [0.15, 0.2) is 6.20 Å². The molecule has 1 aliphatic rings. The molecule has 2 heterocycles. The molecule has 0 aliphatic carbocycles. The van der Waals surface area contributed by atoms with Crippen molar-refractivity contribution in [3.63, 3.8) is 0 Å². The number of hydrogen-bond donors (Lipinski definition) is 1. The molecule has 1 N–H and O–H groups in total. The van der Waals surface area contributed by atoms with Crippen molar-refractivity contribution in [3.05, 3.63) is 16.3 Å². The number of aromatic nitrogens is 2. The topological polar surface area (TPSA) is 112 Å². The minimum absolute atomic E-state index is 0.00984. The molecule has 152 valence electrons. The summed E-state index contributed by atoms with van der Waals surface area (Å²) in [5, 5.41) is 18.6. The van der Waals surface area contributed by atoms with Crippen LogP contribution in [0.3, 0.4) is 0 Å². The van der Waals surface area contributed by atoms with E-state index in [1.807, 2.05) is 11.8 Å². The van der Waals surface area contributed by atoms with Crippen LogP contribution in [0, 0.1) is 10.1 Å². The molecule has 1 amide bonds. The Bertz CT molecular complexity index is 669. The number of methoxy groups -OCH3 is 1. The number of nitrogens with one attached hydrogen (secondary N) is 1. The Morgan fingerprint density at radius 2 is 2.07 bits per heavy atom. The van der Waals surface area contributed by atoms with Crippen molar-refractivity contribution in [2.75, 3.05) is 25.1 Å². The first-order valence-corrected chi connectivity index (χ1v) is 9.13. The molecule has 1 aromatic rings. The normalized spacial score (nSPS) is 20.9. The number of nitro groups is 1. The van der Waals surface area contributed by atoms with Gasteiger partial charge in [0.1, 0.15) is 11.8 Å². The van der Waals surface area contributed by atoms with E-state index in [4.69, 9.17) is 9.47 Å². The lowest BCUT2D eigenvalue weighted by molar-refractivity contribution is -0.384. The number of alkyl carbamates (subject to hydrolysis) is 1. The number of amides is 1. The number of rotatable bonds is 5. The SMILES string of the molecule is CCn1cc([N+](=O)[O-])c(N2CCC(NC(=O)OC(C)(C)C)C(OC)CC2)n1. The van der Waals surface area contributed by atoms with E-state index < -0.39 is 16.6 Å². The smallest absolute Gasteiger partial charge is 0.407 e. The summed E-state index contributed by atoms with van der Waals surface area (Å²) in [6.45, 7) is 8.91. The fourth-order valence-corrected chi connectivity index (χ4v) is 3.11. The Morgan fingerprint density at radius 1 is 1.41 bits per heavy atom. The maximum absolute atomic E-state index is 12.1. The molecule has 27 heavy (non-hydrogen) atoms. The first-order valence-electron chi connectivity index (χ1n) is 9.13. The molecule has 1 aromatic heterocycles. The van der Waals surface area contributed by atoms with Gasteiger partial charge in [-0.25, -0.2) is 4.79 Å². The van der Waals surface area contributed by atoms with E-state index in [2.05, 4.69) is 10.4 Å². The van der Waals surface area contributed by atoms with E-state index in [0.29, 0.717) is 38.3 Å². The lowest BCUT2D eigenvalue weighted by atomic mass is 10.1. The van der Waals surface area contributed by atoms with Gasteiger partial charge in [-0.05, 0) is 40.5 Å². The summed E-state index contributed by atoms with van der Waals surface area (Å²) in [5.41, 5.74) is -0.596. The summed E-state index contributed by atoms with van der Waals surface area (Å²) >= 11 is 0. The second-order valence-corrected chi connectivity index (χ2v) is 7.54. The van der Waals surface area contributed by atoms with Crippen LogP contribution in [-0.4, -0.2) is 58.7 Å². The molecule has 2 rings (SSSR count). The Kier molecular flexibility index (Phi) is 6.63. The number of anilines is 1. The highest BCUT2D eigenvalue weighted by Gasteiger charge is 2.32. The minimum atomic E-state index is -0.586. The molecule has 0 spiro atoms. The highest BCUT2D eigenvalue weighted by atomic mass is 16.6. The summed E-state index contributed by atoms with van der Waals surface area (Å²) in [7, 11) is 1.60. The second kappa shape index (κ2) is 8.55. The molecule has 0 radical (unpaired) electrons. The van der Waals surface area contributed by atoms with Gasteiger partial charge in [-0.2, -0.15) is 0 Å². The van der Waals surface area contributed by atoms with Crippen molar-refractivity contribution < 1.29 is 19.2 Å². The quantitative estimate of drug-likeness (QED) is 0.613. The summed E-state index contributed by atoms with van der Waals surface area (Å²) in [5.74, 6) is 0.356. The molecule has 10 nitrogen and oxygen atoms in total. The van der Waals surface area contributed by atoms with Gasteiger partial charge in [0.2, 0.25) is 5.82 Å². The zero-order chi connectivity index (χ0) is 20.2. The van der Waals surface area contributed by atoms with Crippen molar-refractivity contribution in [1.29, 1.82) is 0 Å². The lowest BCUT2D eigenvalue weighted by Crippen LogP contribution is -2.46. The third-order valence-corrected chi connectivity index (χ3v) is 4.39. The Hall–Kier alpha value is -2.36. The van der Waals surface area contributed by atoms with Crippen molar-refractivity contribution in [3.8, 4) is 0 Å². The van der Waals surface area contributed by atoms with Gasteiger partial charge < -0.3 is 19.7 Å². The fourth-order valence-electron chi connectivity index (χ4n) is 3.11. The van der Waals surface area contributed by atoms with Crippen LogP contribution in [0.25, 0.3) is 0 Å².